The lowest BCUT2D eigenvalue weighted by atomic mass is 9.81. The van der Waals surface area contributed by atoms with Crippen LogP contribution in [0.1, 0.15) is 18.4 Å². The van der Waals surface area contributed by atoms with Crippen LogP contribution in [0.15, 0.2) is 66.7 Å². The van der Waals surface area contributed by atoms with E-state index in [0.717, 1.165) is 5.56 Å². The predicted octanol–water partition coefficient (Wildman–Crippen LogP) is 4.57. The number of nitrogens with one attached hydrogen (secondary N) is 1. The fourth-order valence-corrected chi connectivity index (χ4v) is 3.01. The lowest BCUT2D eigenvalue weighted by Gasteiger charge is -2.40. The third-order valence-corrected chi connectivity index (χ3v) is 4.60. The first-order valence-corrected chi connectivity index (χ1v) is 8.63. The molecule has 1 N–H and O–H groups in total. The summed E-state index contributed by atoms with van der Waals surface area (Å²) in [7, 11) is 1.52. The van der Waals surface area contributed by atoms with Crippen molar-refractivity contribution in [3.05, 3.63) is 72.3 Å². The van der Waals surface area contributed by atoms with Gasteiger partial charge in [-0.3, -0.25) is 0 Å². The van der Waals surface area contributed by atoms with Gasteiger partial charge in [-0.25, -0.2) is 13.6 Å². The van der Waals surface area contributed by atoms with Crippen molar-refractivity contribution in [1.82, 2.24) is 0 Å². The molecular formula is C21H21F2NO3. The number of anilines is 1. The third-order valence-electron chi connectivity index (χ3n) is 4.60. The monoisotopic (exact) mass is 373 g/mol. The lowest BCUT2D eigenvalue weighted by molar-refractivity contribution is -0.167. The predicted molar refractivity (Wildman–Crippen MR) is 98.9 cm³/mol. The van der Waals surface area contributed by atoms with Gasteiger partial charge in [-0.1, -0.05) is 42.5 Å². The summed E-state index contributed by atoms with van der Waals surface area (Å²) in [5.41, 5.74) is -1.03. The Balaban J connectivity index is 1.85. The number of benzene rings is 2. The Bertz CT molecular complexity index is 806. The number of carbonyl (C=O) groups is 1. The molecule has 2 aromatic carbocycles. The first kappa shape index (κ1) is 18.9. The van der Waals surface area contributed by atoms with E-state index in [0.29, 0.717) is 11.4 Å². The molecule has 1 atom stereocenters. The van der Waals surface area contributed by atoms with Crippen LogP contribution < -0.4 is 10.1 Å². The molecule has 0 heterocycles. The molecule has 1 aliphatic carbocycles. The summed E-state index contributed by atoms with van der Waals surface area (Å²) in [4.78, 5) is 12.8. The van der Waals surface area contributed by atoms with Crippen LogP contribution in [0.5, 0.6) is 5.75 Å². The molecule has 0 spiro atoms. The van der Waals surface area contributed by atoms with Crippen molar-refractivity contribution < 1.29 is 23.0 Å². The number of carbonyl (C=O) groups excluding carboxylic acids is 1. The molecule has 142 valence electrons. The van der Waals surface area contributed by atoms with Gasteiger partial charge in [-0.15, -0.1) is 0 Å². The van der Waals surface area contributed by atoms with Crippen LogP contribution in [0.4, 0.5) is 14.5 Å². The standard InChI is InChI=1S/C21H21F2NO3/c1-26-18-11-9-17(10-12-18)24-20(13-5-6-14-21(20,22)23)19(25)27-15-16-7-3-2-4-8-16/h2-12,24H,13-15H2,1H3/t20-/m0/s1. The molecule has 0 saturated carbocycles. The molecular weight excluding hydrogens is 352 g/mol. The first-order valence-electron chi connectivity index (χ1n) is 8.63. The Morgan fingerprint density at radius 3 is 2.33 bits per heavy atom. The fraction of sp³-hybridized carbons (Fsp3) is 0.286. The minimum absolute atomic E-state index is 0.0640. The van der Waals surface area contributed by atoms with Crippen molar-refractivity contribution >= 4 is 11.7 Å². The van der Waals surface area contributed by atoms with Crippen LogP contribution in [-0.4, -0.2) is 24.5 Å². The van der Waals surface area contributed by atoms with Crippen molar-refractivity contribution in [3.63, 3.8) is 0 Å². The first-order chi connectivity index (χ1) is 13.0. The summed E-state index contributed by atoms with van der Waals surface area (Å²) in [6.07, 6.45) is 2.27. The van der Waals surface area contributed by atoms with Crippen LogP contribution in [0.3, 0.4) is 0 Å². The van der Waals surface area contributed by atoms with Gasteiger partial charge in [0.05, 0.1) is 7.11 Å². The van der Waals surface area contributed by atoms with Crippen molar-refractivity contribution in [2.45, 2.75) is 30.9 Å². The van der Waals surface area contributed by atoms with E-state index in [1.54, 1.807) is 54.6 Å². The van der Waals surface area contributed by atoms with Crippen LogP contribution in [0, 0.1) is 0 Å². The zero-order chi connectivity index (χ0) is 19.3. The largest absolute Gasteiger partial charge is 0.497 e. The van der Waals surface area contributed by atoms with Gasteiger partial charge in [0.1, 0.15) is 12.4 Å². The van der Waals surface area contributed by atoms with Crippen molar-refractivity contribution in [3.8, 4) is 5.75 Å². The maximum atomic E-state index is 14.9. The number of hydrogen-bond donors (Lipinski definition) is 1. The van der Waals surface area contributed by atoms with Crippen LogP contribution in [0.2, 0.25) is 0 Å². The number of halogens is 2. The van der Waals surface area contributed by atoms with Crippen LogP contribution >= 0.6 is 0 Å². The summed E-state index contributed by atoms with van der Waals surface area (Å²) in [5, 5.41) is 2.74. The fourth-order valence-electron chi connectivity index (χ4n) is 3.01. The molecule has 0 unspecified atom stereocenters. The molecule has 27 heavy (non-hydrogen) atoms. The van der Waals surface area contributed by atoms with E-state index in [2.05, 4.69) is 5.32 Å². The highest BCUT2D eigenvalue weighted by atomic mass is 19.3. The van der Waals surface area contributed by atoms with E-state index in [-0.39, 0.29) is 13.0 Å². The molecule has 0 saturated heterocycles. The van der Waals surface area contributed by atoms with E-state index < -0.39 is 23.9 Å². The molecule has 6 heteroatoms. The Morgan fingerprint density at radius 2 is 1.70 bits per heavy atom. The second-order valence-electron chi connectivity index (χ2n) is 6.40. The second-order valence-corrected chi connectivity index (χ2v) is 6.40. The van der Waals surface area contributed by atoms with Gasteiger partial charge in [-0.2, -0.15) is 0 Å². The number of allylic oxidation sites excluding steroid dienone is 1. The topological polar surface area (TPSA) is 47.6 Å². The quantitative estimate of drug-likeness (QED) is 0.595. The molecule has 0 fully saturated rings. The Labute approximate surface area is 156 Å². The van der Waals surface area contributed by atoms with E-state index in [4.69, 9.17) is 9.47 Å². The van der Waals surface area contributed by atoms with Gasteiger partial charge in [0.15, 0.2) is 0 Å². The average Bonchev–Trinajstić information content (AvgIpc) is 2.69. The van der Waals surface area contributed by atoms with Gasteiger partial charge in [-0.05, 0) is 29.8 Å². The van der Waals surface area contributed by atoms with E-state index in [1.165, 1.54) is 13.2 Å². The summed E-state index contributed by atoms with van der Waals surface area (Å²) in [5.74, 6) is -3.68. The highest BCUT2D eigenvalue weighted by Gasteiger charge is 2.60. The molecule has 0 bridgehead atoms. The number of ether oxygens (including phenoxy) is 2. The summed E-state index contributed by atoms with van der Waals surface area (Å²) >= 11 is 0. The van der Waals surface area contributed by atoms with E-state index >= 15 is 0 Å². The number of rotatable bonds is 6. The van der Waals surface area contributed by atoms with Gasteiger partial charge in [0.25, 0.3) is 5.92 Å². The Kier molecular flexibility index (Phi) is 5.44. The SMILES string of the molecule is COc1ccc(N[C@]2(C(=O)OCc3ccccc3)CC=CCC2(F)F)cc1. The Morgan fingerprint density at radius 1 is 1.04 bits per heavy atom. The second kappa shape index (κ2) is 7.78. The van der Waals surface area contributed by atoms with Crippen LogP contribution in [-0.2, 0) is 16.1 Å². The summed E-state index contributed by atoms with van der Waals surface area (Å²) < 4.78 is 40.1. The lowest BCUT2D eigenvalue weighted by Crippen LogP contribution is -2.61. The van der Waals surface area contributed by atoms with Crippen molar-refractivity contribution in [2.24, 2.45) is 0 Å². The smallest absolute Gasteiger partial charge is 0.338 e. The number of hydrogen-bond acceptors (Lipinski definition) is 4. The summed E-state index contributed by atoms with van der Waals surface area (Å²) in [6, 6.07) is 15.5. The van der Waals surface area contributed by atoms with Crippen molar-refractivity contribution in [2.75, 3.05) is 12.4 Å². The molecule has 0 aliphatic heterocycles. The number of alkyl halides is 2. The zero-order valence-corrected chi connectivity index (χ0v) is 15.0. The van der Waals surface area contributed by atoms with Gasteiger partial charge >= 0.3 is 5.97 Å². The van der Waals surface area contributed by atoms with Crippen molar-refractivity contribution in [1.29, 1.82) is 0 Å². The maximum absolute atomic E-state index is 14.9. The van der Waals surface area contributed by atoms with Crippen LogP contribution in [0.25, 0.3) is 0 Å². The number of esters is 1. The van der Waals surface area contributed by atoms with E-state index in [1.807, 2.05) is 6.07 Å². The molecule has 4 nitrogen and oxygen atoms in total. The zero-order valence-electron chi connectivity index (χ0n) is 15.0. The minimum atomic E-state index is -3.30. The molecule has 2 aromatic rings. The number of methoxy groups -OCH3 is 1. The summed E-state index contributed by atoms with van der Waals surface area (Å²) in [6.45, 7) is -0.0640. The highest BCUT2D eigenvalue weighted by molar-refractivity contribution is 5.87. The normalized spacial score (nSPS) is 20.7. The molecule has 0 amide bonds. The highest BCUT2D eigenvalue weighted by Crippen LogP contribution is 2.42. The third kappa shape index (κ3) is 3.94. The van der Waals surface area contributed by atoms with Gasteiger partial charge in [0, 0.05) is 18.5 Å². The van der Waals surface area contributed by atoms with E-state index in [9.17, 15) is 13.6 Å². The molecule has 0 aromatic heterocycles. The average molecular weight is 373 g/mol. The molecule has 3 rings (SSSR count). The Hall–Kier alpha value is -2.89. The maximum Gasteiger partial charge on any atom is 0.338 e. The van der Waals surface area contributed by atoms with Gasteiger partial charge < -0.3 is 14.8 Å². The molecule has 1 aliphatic rings. The minimum Gasteiger partial charge on any atom is -0.497 e. The molecule has 0 radical (unpaired) electrons. The van der Waals surface area contributed by atoms with Gasteiger partial charge in [0.2, 0.25) is 5.54 Å².